The molecule has 0 radical (unpaired) electrons. The van der Waals surface area contributed by atoms with E-state index in [0.717, 1.165) is 32.5 Å². The molecule has 0 fully saturated rings. The van der Waals surface area contributed by atoms with Gasteiger partial charge < -0.3 is 10.1 Å². The molecule has 0 spiro atoms. The maximum Gasteiger partial charge on any atom is 0.187 e. The first kappa shape index (κ1) is 18.4. The minimum Gasteiger partial charge on any atom is -0.377 e. The highest BCUT2D eigenvalue weighted by molar-refractivity contribution is 7.18. The smallest absolute Gasteiger partial charge is 0.187 e. The number of aryl methyl sites for hydroxylation is 1. The average Bonchev–Trinajstić information content (AvgIpc) is 3.41. The molecule has 0 saturated carbocycles. The number of nitrogens with zero attached hydrogens (tertiary/aromatic N) is 3. The van der Waals surface area contributed by atoms with Gasteiger partial charge in [-0.1, -0.05) is 35.6 Å². The van der Waals surface area contributed by atoms with E-state index in [4.69, 9.17) is 4.74 Å². The summed E-state index contributed by atoms with van der Waals surface area (Å²) in [5.41, 5.74) is 5.58. The van der Waals surface area contributed by atoms with E-state index in [1.807, 2.05) is 30.1 Å². The summed E-state index contributed by atoms with van der Waals surface area (Å²) in [5.74, 6) is 0. The Morgan fingerprint density at radius 3 is 2.75 bits per heavy atom. The summed E-state index contributed by atoms with van der Waals surface area (Å²) < 4.78 is 7.36. The molecule has 0 aliphatic rings. The van der Waals surface area contributed by atoms with Gasteiger partial charge in [0.25, 0.3) is 0 Å². The normalized spacial score (nSPS) is 10.9. The lowest BCUT2D eigenvalue weighted by molar-refractivity contribution is 0.134. The fraction of sp³-hybridized carbons (Fsp3) is 0.182. The van der Waals surface area contributed by atoms with Crippen LogP contribution in [0.2, 0.25) is 0 Å². The molecule has 0 unspecified atom stereocenters. The Hall–Kier alpha value is -2.96. The molecule has 0 aliphatic heterocycles. The second-order valence-electron chi connectivity index (χ2n) is 6.44. The molecule has 0 atom stereocenters. The Balaban J connectivity index is 1.50. The first-order valence-corrected chi connectivity index (χ1v) is 10.0. The van der Waals surface area contributed by atoms with E-state index in [1.165, 1.54) is 5.56 Å². The quantitative estimate of drug-likeness (QED) is 0.447. The highest BCUT2D eigenvalue weighted by atomic mass is 32.1. The number of thiazole rings is 1. The molecule has 0 amide bonds. The number of benzene rings is 2. The molecule has 1 N–H and O–H groups in total. The molecule has 2 aromatic heterocycles. The second-order valence-corrected chi connectivity index (χ2v) is 7.47. The van der Waals surface area contributed by atoms with Gasteiger partial charge in [0.1, 0.15) is 0 Å². The van der Waals surface area contributed by atoms with Crippen LogP contribution in [-0.2, 0) is 11.3 Å². The van der Waals surface area contributed by atoms with Crippen molar-refractivity contribution in [1.82, 2.24) is 14.8 Å². The number of aromatic nitrogens is 3. The molecule has 142 valence electrons. The molecular weight excluding hydrogens is 368 g/mol. The standard InChI is InChI=1S/C22H22N4OS/c1-3-27-15-17-6-5-16(2)20(13-17)25-22-23-14-21(28-22)18-7-9-19(10-8-18)26-12-4-11-24-26/h4-14H,3,15H2,1-2H3,(H,23,25). The largest absolute Gasteiger partial charge is 0.377 e. The lowest BCUT2D eigenvalue weighted by Gasteiger charge is -2.09. The highest BCUT2D eigenvalue weighted by Gasteiger charge is 2.08. The Kier molecular flexibility index (Phi) is 5.50. The zero-order valence-corrected chi connectivity index (χ0v) is 16.7. The molecule has 5 nitrogen and oxygen atoms in total. The minimum absolute atomic E-state index is 0.622. The van der Waals surface area contributed by atoms with E-state index in [2.05, 4.69) is 64.8 Å². The third-order valence-electron chi connectivity index (χ3n) is 4.44. The second kappa shape index (κ2) is 8.37. The number of ether oxygens (including phenoxy) is 1. The van der Waals surface area contributed by atoms with Gasteiger partial charge in [-0.3, -0.25) is 0 Å². The molecule has 2 heterocycles. The lowest BCUT2D eigenvalue weighted by atomic mass is 10.1. The van der Waals surface area contributed by atoms with Gasteiger partial charge in [0.15, 0.2) is 5.13 Å². The van der Waals surface area contributed by atoms with Crippen LogP contribution in [0.15, 0.2) is 67.1 Å². The van der Waals surface area contributed by atoms with Crippen molar-refractivity contribution in [3.05, 3.63) is 78.2 Å². The molecule has 0 bridgehead atoms. The van der Waals surface area contributed by atoms with E-state index in [1.54, 1.807) is 17.5 Å². The van der Waals surface area contributed by atoms with Gasteiger partial charge in [-0.15, -0.1) is 0 Å². The van der Waals surface area contributed by atoms with E-state index in [9.17, 15) is 0 Å². The molecule has 2 aromatic carbocycles. The van der Waals surface area contributed by atoms with E-state index < -0.39 is 0 Å². The fourth-order valence-corrected chi connectivity index (χ4v) is 3.73. The Morgan fingerprint density at radius 2 is 2.00 bits per heavy atom. The maximum absolute atomic E-state index is 5.52. The van der Waals surface area contributed by atoms with Crippen LogP contribution in [-0.4, -0.2) is 21.4 Å². The molecule has 4 aromatic rings. The van der Waals surface area contributed by atoms with Crippen molar-refractivity contribution in [3.63, 3.8) is 0 Å². The molecule has 0 saturated heterocycles. The zero-order chi connectivity index (χ0) is 19.3. The van der Waals surface area contributed by atoms with E-state index in [-0.39, 0.29) is 0 Å². The van der Waals surface area contributed by atoms with Gasteiger partial charge in [-0.25, -0.2) is 9.67 Å². The van der Waals surface area contributed by atoms with Crippen LogP contribution in [0, 0.1) is 6.92 Å². The zero-order valence-electron chi connectivity index (χ0n) is 15.9. The number of anilines is 2. The summed E-state index contributed by atoms with van der Waals surface area (Å²) in [5, 5.41) is 8.59. The average molecular weight is 391 g/mol. The summed E-state index contributed by atoms with van der Waals surface area (Å²) >= 11 is 1.64. The van der Waals surface area contributed by atoms with Crippen LogP contribution in [0.25, 0.3) is 16.1 Å². The van der Waals surface area contributed by atoms with Crippen molar-refractivity contribution in [2.24, 2.45) is 0 Å². The summed E-state index contributed by atoms with van der Waals surface area (Å²) in [4.78, 5) is 5.67. The number of hydrogen-bond donors (Lipinski definition) is 1. The van der Waals surface area contributed by atoms with Gasteiger partial charge >= 0.3 is 0 Å². The Morgan fingerprint density at radius 1 is 1.14 bits per heavy atom. The maximum atomic E-state index is 5.52. The highest BCUT2D eigenvalue weighted by Crippen LogP contribution is 2.32. The third-order valence-corrected chi connectivity index (χ3v) is 5.40. The van der Waals surface area contributed by atoms with Gasteiger partial charge in [0.2, 0.25) is 0 Å². The van der Waals surface area contributed by atoms with Crippen molar-refractivity contribution in [2.75, 3.05) is 11.9 Å². The summed E-state index contributed by atoms with van der Waals surface area (Å²) in [7, 11) is 0. The third kappa shape index (κ3) is 4.13. The van der Waals surface area contributed by atoms with Crippen LogP contribution < -0.4 is 5.32 Å². The van der Waals surface area contributed by atoms with Crippen molar-refractivity contribution < 1.29 is 4.74 Å². The van der Waals surface area contributed by atoms with Crippen LogP contribution >= 0.6 is 11.3 Å². The molecule has 0 aliphatic carbocycles. The number of nitrogens with one attached hydrogen (secondary N) is 1. The van der Waals surface area contributed by atoms with E-state index >= 15 is 0 Å². The van der Waals surface area contributed by atoms with Gasteiger partial charge in [-0.05, 0) is 54.8 Å². The van der Waals surface area contributed by atoms with Crippen molar-refractivity contribution >= 4 is 22.2 Å². The minimum atomic E-state index is 0.622. The van der Waals surface area contributed by atoms with Crippen LogP contribution in [0.4, 0.5) is 10.8 Å². The predicted molar refractivity (Wildman–Crippen MR) is 114 cm³/mol. The Labute approximate surface area is 168 Å². The molecular formula is C22H22N4OS. The topological polar surface area (TPSA) is 52.0 Å². The van der Waals surface area contributed by atoms with Gasteiger partial charge in [0, 0.05) is 30.9 Å². The van der Waals surface area contributed by atoms with Gasteiger partial charge in [0.05, 0.1) is 17.2 Å². The number of hydrogen-bond acceptors (Lipinski definition) is 5. The monoisotopic (exact) mass is 390 g/mol. The summed E-state index contributed by atoms with van der Waals surface area (Å²) in [6, 6.07) is 16.6. The fourth-order valence-electron chi connectivity index (χ4n) is 2.89. The summed E-state index contributed by atoms with van der Waals surface area (Å²) in [6.07, 6.45) is 5.63. The Bertz CT molecular complexity index is 1040. The van der Waals surface area contributed by atoms with Crippen LogP contribution in [0.1, 0.15) is 18.1 Å². The molecule has 6 heteroatoms. The summed E-state index contributed by atoms with van der Waals surface area (Å²) in [6.45, 7) is 5.43. The van der Waals surface area contributed by atoms with Crippen LogP contribution in [0.5, 0.6) is 0 Å². The lowest BCUT2D eigenvalue weighted by Crippen LogP contribution is -1.96. The van der Waals surface area contributed by atoms with Crippen molar-refractivity contribution in [1.29, 1.82) is 0 Å². The predicted octanol–water partition coefficient (Wildman–Crippen LogP) is 5.58. The SMILES string of the molecule is CCOCc1ccc(C)c(Nc2ncc(-c3ccc(-n4cccn4)cc3)s2)c1. The van der Waals surface area contributed by atoms with Gasteiger partial charge in [-0.2, -0.15) is 5.10 Å². The first-order valence-electron chi connectivity index (χ1n) is 9.23. The van der Waals surface area contributed by atoms with Crippen molar-refractivity contribution in [2.45, 2.75) is 20.5 Å². The molecule has 28 heavy (non-hydrogen) atoms. The van der Waals surface area contributed by atoms with Crippen molar-refractivity contribution in [3.8, 4) is 16.1 Å². The molecule has 4 rings (SSSR count). The van der Waals surface area contributed by atoms with E-state index in [0.29, 0.717) is 13.2 Å². The first-order chi connectivity index (χ1) is 13.7. The number of rotatable bonds is 7. The van der Waals surface area contributed by atoms with Crippen LogP contribution in [0.3, 0.4) is 0 Å².